The van der Waals surface area contributed by atoms with E-state index in [1.54, 1.807) is 0 Å². The van der Waals surface area contributed by atoms with Gasteiger partial charge in [-0.05, 0) is 39.2 Å². The highest BCUT2D eigenvalue weighted by Gasteiger charge is 2.22. The molecule has 0 bridgehead atoms. The maximum absolute atomic E-state index is 12.2. The van der Waals surface area contributed by atoms with Crippen LogP contribution in [0.25, 0.3) is 10.2 Å². The Balaban J connectivity index is 2.62. The second kappa shape index (κ2) is 7.73. The first-order valence-electron chi connectivity index (χ1n) is 8.23. The minimum atomic E-state index is -0.269. The number of carbonyl (C=O) groups excluding carboxylic acids is 1. The van der Waals surface area contributed by atoms with Gasteiger partial charge in [0.25, 0.3) is 0 Å². The van der Waals surface area contributed by atoms with Gasteiger partial charge < -0.3 is 9.64 Å². The Morgan fingerprint density at radius 2 is 1.78 bits per heavy atom. The van der Waals surface area contributed by atoms with E-state index in [4.69, 9.17) is 4.74 Å². The molecule has 0 fully saturated rings. The van der Waals surface area contributed by atoms with Crippen LogP contribution < -0.4 is 4.90 Å². The first-order chi connectivity index (χ1) is 11.0. The molecule has 2 rings (SSSR count). The zero-order chi connectivity index (χ0) is 17.0. The number of hydrogen-bond donors (Lipinski definition) is 0. The molecule has 23 heavy (non-hydrogen) atoms. The summed E-state index contributed by atoms with van der Waals surface area (Å²) < 4.78 is 5.17. The van der Waals surface area contributed by atoms with Gasteiger partial charge in [0.05, 0.1) is 12.0 Å². The molecule has 2 aromatic rings. The minimum Gasteiger partial charge on any atom is -0.462 e. The quantitative estimate of drug-likeness (QED) is 0.713. The molecule has 0 amide bonds. The Morgan fingerprint density at radius 3 is 2.35 bits per heavy atom. The van der Waals surface area contributed by atoms with Crippen molar-refractivity contribution in [2.45, 2.75) is 47.5 Å². The van der Waals surface area contributed by atoms with Crippen molar-refractivity contribution in [2.24, 2.45) is 0 Å². The van der Waals surface area contributed by atoms with Crippen molar-refractivity contribution in [3.8, 4) is 0 Å². The van der Waals surface area contributed by atoms with Crippen LogP contribution in [0.15, 0.2) is 0 Å². The highest BCUT2D eigenvalue weighted by Crippen LogP contribution is 2.36. The lowest BCUT2D eigenvalue weighted by atomic mass is 10.2. The van der Waals surface area contributed by atoms with Crippen molar-refractivity contribution in [3.05, 3.63) is 16.3 Å². The summed E-state index contributed by atoms with van der Waals surface area (Å²) in [5.74, 6) is 1.41. The van der Waals surface area contributed by atoms with Gasteiger partial charge in [-0.1, -0.05) is 13.8 Å². The third-order valence-corrected chi connectivity index (χ3v) is 4.80. The Kier molecular flexibility index (Phi) is 5.93. The number of hydrogen-bond acceptors (Lipinski definition) is 6. The number of fused-ring (bicyclic) bond motifs is 1. The zero-order valence-corrected chi connectivity index (χ0v) is 15.4. The third kappa shape index (κ3) is 3.63. The monoisotopic (exact) mass is 335 g/mol. The average Bonchev–Trinajstić information content (AvgIpc) is 2.83. The second-order valence-electron chi connectivity index (χ2n) is 5.54. The predicted octanol–water partition coefficient (Wildman–Crippen LogP) is 4.11. The molecule has 0 unspecified atom stereocenters. The number of aromatic nitrogens is 2. The molecular formula is C17H25N3O2S. The Bertz CT molecular complexity index is 691. The van der Waals surface area contributed by atoms with Crippen LogP contribution in [0.4, 0.5) is 5.82 Å². The van der Waals surface area contributed by atoms with Crippen molar-refractivity contribution < 1.29 is 9.53 Å². The van der Waals surface area contributed by atoms with Crippen molar-refractivity contribution in [1.82, 2.24) is 9.97 Å². The smallest absolute Gasteiger partial charge is 0.348 e. The Morgan fingerprint density at radius 1 is 1.13 bits per heavy atom. The van der Waals surface area contributed by atoms with E-state index in [1.807, 2.05) is 20.8 Å². The summed E-state index contributed by atoms with van der Waals surface area (Å²) in [7, 11) is 0. The van der Waals surface area contributed by atoms with E-state index in [0.717, 1.165) is 53.4 Å². The van der Waals surface area contributed by atoms with Crippen LogP contribution in [-0.4, -0.2) is 35.6 Å². The average molecular weight is 335 g/mol. The summed E-state index contributed by atoms with van der Waals surface area (Å²) in [5.41, 5.74) is 0.927. The zero-order valence-electron chi connectivity index (χ0n) is 14.6. The van der Waals surface area contributed by atoms with Gasteiger partial charge in [-0.2, -0.15) is 0 Å². The van der Waals surface area contributed by atoms with Crippen molar-refractivity contribution >= 4 is 33.3 Å². The first-order valence-corrected chi connectivity index (χ1v) is 9.04. The number of carbonyl (C=O) groups is 1. The van der Waals surface area contributed by atoms with E-state index in [-0.39, 0.29) is 5.97 Å². The highest BCUT2D eigenvalue weighted by atomic mass is 32.1. The minimum absolute atomic E-state index is 0.269. The summed E-state index contributed by atoms with van der Waals surface area (Å²) >= 11 is 1.40. The van der Waals surface area contributed by atoms with Gasteiger partial charge in [-0.15, -0.1) is 11.3 Å². The van der Waals surface area contributed by atoms with Gasteiger partial charge in [0.2, 0.25) is 0 Å². The molecule has 0 aliphatic carbocycles. The number of thiophene rings is 1. The lowest BCUT2D eigenvalue weighted by Gasteiger charge is -2.23. The highest BCUT2D eigenvalue weighted by molar-refractivity contribution is 7.20. The summed E-state index contributed by atoms with van der Waals surface area (Å²) in [4.78, 5) is 25.2. The van der Waals surface area contributed by atoms with Crippen LogP contribution in [0.3, 0.4) is 0 Å². The van der Waals surface area contributed by atoms with E-state index in [2.05, 4.69) is 28.7 Å². The predicted molar refractivity (Wildman–Crippen MR) is 95.6 cm³/mol. The number of aryl methyl sites for hydroxylation is 2. The molecule has 0 aromatic carbocycles. The third-order valence-electron chi connectivity index (χ3n) is 3.63. The standard InChI is InChI=1S/C17H25N3O2S/c1-6-9-20(10-7-2)15-13-11(4)14(17(21)22-8-3)23-16(13)19-12(5)18-15/h6-10H2,1-5H3. The Hall–Kier alpha value is -1.69. The van der Waals surface area contributed by atoms with Gasteiger partial charge in [0.15, 0.2) is 0 Å². The van der Waals surface area contributed by atoms with Gasteiger partial charge in [-0.25, -0.2) is 14.8 Å². The SMILES string of the molecule is CCCN(CCC)c1nc(C)nc2sc(C(=O)OCC)c(C)c12. The summed E-state index contributed by atoms with van der Waals surface area (Å²) in [6.07, 6.45) is 2.11. The molecule has 0 aliphatic heterocycles. The van der Waals surface area contributed by atoms with Crippen LogP contribution in [0.1, 0.15) is 54.7 Å². The van der Waals surface area contributed by atoms with Gasteiger partial charge >= 0.3 is 5.97 Å². The normalized spacial score (nSPS) is 11.0. The first kappa shape index (κ1) is 17.7. The fourth-order valence-corrected chi connectivity index (χ4v) is 3.82. The van der Waals surface area contributed by atoms with Crippen LogP contribution in [0, 0.1) is 13.8 Å². The fourth-order valence-electron chi connectivity index (χ4n) is 2.71. The van der Waals surface area contributed by atoms with Crippen LogP contribution in [0.2, 0.25) is 0 Å². The number of nitrogens with zero attached hydrogens (tertiary/aromatic N) is 3. The number of anilines is 1. The molecule has 2 aromatic heterocycles. The maximum atomic E-state index is 12.2. The molecule has 5 nitrogen and oxygen atoms in total. The number of esters is 1. The lowest BCUT2D eigenvalue weighted by Crippen LogP contribution is -2.26. The lowest BCUT2D eigenvalue weighted by molar-refractivity contribution is 0.0531. The molecule has 0 N–H and O–H groups in total. The molecule has 0 aliphatic rings. The summed E-state index contributed by atoms with van der Waals surface area (Å²) in [6, 6.07) is 0. The van der Waals surface area contributed by atoms with E-state index >= 15 is 0 Å². The number of ether oxygens (including phenoxy) is 1. The van der Waals surface area contributed by atoms with Gasteiger partial charge in [0, 0.05) is 13.1 Å². The van der Waals surface area contributed by atoms with Crippen LogP contribution in [-0.2, 0) is 4.74 Å². The van der Waals surface area contributed by atoms with Crippen molar-refractivity contribution in [2.75, 3.05) is 24.6 Å². The Labute approximate surface area is 141 Å². The molecule has 0 saturated heterocycles. The van der Waals surface area contributed by atoms with E-state index in [0.29, 0.717) is 11.5 Å². The maximum Gasteiger partial charge on any atom is 0.348 e. The molecule has 2 heterocycles. The molecule has 0 radical (unpaired) electrons. The van der Waals surface area contributed by atoms with Gasteiger partial charge in [0.1, 0.15) is 21.3 Å². The van der Waals surface area contributed by atoms with Crippen molar-refractivity contribution in [3.63, 3.8) is 0 Å². The molecule has 0 atom stereocenters. The molecule has 0 saturated carbocycles. The topological polar surface area (TPSA) is 55.3 Å². The largest absolute Gasteiger partial charge is 0.462 e. The molecular weight excluding hydrogens is 310 g/mol. The second-order valence-corrected chi connectivity index (χ2v) is 6.54. The summed E-state index contributed by atoms with van der Waals surface area (Å²) in [5, 5.41) is 0.991. The van der Waals surface area contributed by atoms with Crippen LogP contribution >= 0.6 is 11.3 Å². The number of rotatable bonds is 7. The molecule has 0 spiro atoms. The molecule has 126 valence electrons. The van der Waals surface area contributed by atoms with Gasteiger partial charge in [-0.3, -0.25) is 0 Å². The van der Waals surface area contributed by atoms with E-state index < -0.39 is 0 Å². The molecule has 6 heteroatoms. The van der Waals surface area contributed by atoms with E-state index in [9.17, 15) is 4.79 Å². The van der Waals surface area contributed by atoms with E-state index in [1.165, 1.54) is 11.3 Å². The fraction of sp³-hybridized carbons (Fsp3) is 0.588. The van der Waals surface area contributed by atoms with Crippen LogP contribution in [0.5, 0.6) is 0 Å². The van der Waals surface area contributed by atoms with Crippen molar-refractivity contribution in [1.29, 1.82) is 0 Å². The summed E-state index contributed by atoms with van der Waals surface area (Å²) in [6.45, 7) is 12.3.